The predicted octanol–water partition coefficient (Wildman–Crippen LogP) is 4.49. The summed E-state index contributed by atoms with van der Waals surface area (Å²) in [4.78, 5) is 16.9. The molecule has 1 amide bonds. The third kappa shape index (κ3) is 5.29. The van der Waals surface area contributed by atoms with Crippen molar-refractivity contribution in [2.75, 3.05) is 0 Å². The molecule has 0 unspecified atom stereocenters. The highest BCUT2D eigenvalue weighted by Crippen LogP contribution is 2.22. The van der Waals surface area contributed by atoms with Gasteiger partial charge in [-0.05, 0) is 29.3 Å². The van der Waals surface area contributed by atoms with Gasteiger partial charge in [0.1, 0.15) is 25.0 Å². The zero-order valence-electron chi connectivity index (χ0n) is 16.7. The van der Waals surface area contributed by atoms with Gasteiger partial charge >= 0.3 is 0 Å². The van der Waals surface area contributed by atoms with Crippen molar-refractivity contribution >= 4 is 17.5 Å². The molecule has 3 aromatic carbocycles. The van der Waals surface area contributed by atoms with Gasteiger partial charge in [-0.25, -0.2) is 9.67 Å². The smallest absolute Gasteiger partial charge is 0.255 e. The first-order valence-electron chi connectivity index (χ1n) is 9.83. The van der Waals surface area contributed by atoms with E-state index in [2.05, 4.69) is 15.4 Å². The summed E-state index contributed by atoms with van der Waals surface area (Å²) in [6, 6.07) is 22.6. The standard InChI is InChI=1S/C24H21ClN4O2/c25-22-11-5-3-9-20(22)15-31-23-12-6-4-10-21(23)24(30)27-13-18-7-1-2-8-19(18)14-29-17-26-16-28-29/h1-12,16-17H,13-15H2,(H,27,30). The fraction of sp³-hybridized carbons (Fsp3) is 0.125. The Kier molecular flexibility index (Phi) is 6.59. The van der Waals surface area contributed by atoms with Crippen molar-refractivity contribution in [2.45, 2.75) is 19.7 Å². The molecule has 31 heavy (non-hydrogen) atoms. The van der Waals surface area contributed by atoms with Crippen LogP contribution in [0.3, 0.4) is 0 Å². The van der Waals surface area contributed by atoms with Crippen LogP contribution in [-0.4, -0.2) is 20.7 Å². The average Bonchev–Trinajstić information content (AvgIpc) is 3.31. The third-order valence-corrected chi connectivity index (χ3v) is 5.20. The number of amides is 1. The minimum absolute atomic E-state index is 0.203. The topological polar surface area (TPSA) is 69.0 Å². The molecule has 156 valence electrons. The SMILES string of the molecule is O=C(NCc1ccccc1Cn1cncn1)c1ccccc1OCc1ccccc1Cl. The molecule has 0 radical (unpaired) electrons. The highest BCUT2D eigenvalue weighted by molar-refractivity contribution is 6.31. The molecule has 0 bridgehead atoms. The first-order chi connectivity index (χ1) is 15.2. The van der Waals surface area contributed by atoms with Gasteiger partial charge in [0.05, 0.1) is 12.1 Å². The summed E-state index contributed by atoms with van der Waals surface area (Å²) >= 11 is 6.21. The molecular formula is C24H21ClN4O2. The zero-order valence-corrected chi connectivity index (χ0v) is 17.5. The Morgan fingerprint density at radius 1 is 0.935 bits per heavy atom. The van der Waals surface area contributed by atoms with E-state index in [1.165, 1.54) is 6.33 Å². The van der Waals surface area contributed by atoms with Crippen LogP contribution >= 0.6 is 11.6 Å². The van der Waals surface area contributed by atoms with Gasteiger partial charge in [-0.1, -0.05) is 66.2 Å². The van der Waals surface area contributed by atoms with Gasteiger partial charge in [0.25, 0.3) is 5.91 Å². The fourth-order valence-corrected chi connectivity index (χ4v) is 3.39. The van der Waals surface area contributed by atoms with E-state index in [9.17, 15) is 4.79 Å². The van der Waals surface area contributed by atoms with Crippen LogP contribution in [0.4, 0.5) is 0 Å². The summed E-state index contributed by atoms with van der Waals surface area (Å²) in [5, 5.41) is 7.78. The lowest BCUT2D eigenvalue weighted by atomic mass is 10.1. The van der Waals surface area contributed by atoms with E-state index in [0.29, 0.717) is 29.4 Å². The van der Waals surface area contributed by atoms with Crippen molar-refractivity contribution in [3.05, 3.63) is 113 Å². The summed E-state index contributed by atoms with van der Waals surface area (Å²) in [6.45, 7) is 1.26. The predicted molar refractivity (Wildman–Crippen MR) is 119 cm³/mol. The van der Waals surface area contributed by atoms with Crippen molar-refractivity contribution in [2.24, 2.45) is 0 Å². The van der Waals surface area contributed by atoms with Gasteiger partial charge in [-0.2, -0.15) is 5.10 Å². The Bertz CT molecular complexity index is 1160. The van der Waals surface area contributed by atoms with E-state index >= 15 is 0 Å². The lowest BCUT2D eigenvalue weighted by Gasteiger charge is -2.14. The number of hydrogen-bond acceptors (Lipinski definition) is 4. The summed E-state index contributed by atoms with van der Waals surface area (Å²) in [5.41, 5.74) is 3.42. The molecule has 7 heteroatoms. The highest BCUT2D eigenvalue weighted by atomic mass is 35.5. The van der Waals surface area contributed by atoms with E-state index < -0.39 is 0 Å². The lowest BCUT2D eigenvalue weighted by molar-refractivity contribution is 0.0946. The minimum Gasteiger partial charge on any atom is -0.488 e. The van der Waals surface area contributed by atoms with Gasteiger partial charge in [0.15, 0.2) is 0 Å². The molecule has 0 aliphatic rings. The van der Waals surface area contributed by atoms with Crippen molar-refractivity contribution in [3.63, 3.8) is 0 Å². The Labute approximate surface area is 185 Å². The second-order valence-corrected chi connectivity index (χ2v) is 7.33. The van der Waals surface area contributed by atoms with Crippen LogP contribution in [-0.2, 0) is 19.7 Å². The number of halogens is 1. The second kappa shape index (κ2) is 9.91. The van der Waals surface area contributed by atoms with Crippen molar-refractivity contribution in [3.8, 4) is 5.75 Å². The van der Waals surface area contributed by atoms with E-state index in [1.807, 2.05) is 60.7 Å². The molecule has 0 fully saturated rings. The van der Waals surface area contributed by atoms with Gasteiger partial charge in [-0.3, -0.25) is 4.79 Å². The summed E-state index contributed by atoms with van der Waals surface area (Å²) in [5.74, 6) is 0.307. The number of aromatic nitrogens is 3. The fourth-order valence-electron chi connectivity index (χ4n) is 3.19. The third-order valence-electron chi connectivity index (χ3n) is 4.83. The van der Waals surface area contributed by atoms with Gasteiger partial charge in [0, 0.05) is 17.1 Å². The Hall–Kier alpha value is -3.64. The number of para-hydroxylation sites is 1. The normalized spacial score (nSPS) is 10.6. The Morgan fingerprint density at radius 2 is 1.65 bits per heavy atom. The summed E-state index contributed by atoms with van der Waals surface area (Å²) in [6.07, 6.45) is 3.17. The molecule has 1 N–H and O–H groups in total. The van der Waals surface area contributed by atoms with Gasteiger partial charge in [-0.15, -0.1) is 0 Å². The van der Waals surface area contributed by atoms with Gasteiger partial charge < -0.3 is 10.1 Å². The summed E-state index contributed by atoms with van der Waals surface area (Å²) in [7, 11) is 0. The second-order valence-electron chi connectivity index (χ2n) is 6.92. The number of benzene rings is 3. The van der Waals surface area contributed by atoms with Crippen LogP contribution < -0.4 is 10.1 Å². The van der Waals surface area contributed by atoms with Crippen molar-refractivity contribution in [1.82, 2.24) is 20.1 Å². The van der Waals surface area contributed by atoms with E-state index in [1.54, 1.807) is 23.1 Å². The Morgan fingerprint density at radius 3 is 2.42 bits per heavy atom. The van der Waals surface area contributed by atoms with Crippen LogP contribution in [0.5, 0.6) is 5.75 Å². The molecule has 0 saturated carbocycles. The maximum Gasteiger partial charge on any atom is 0.255 e. The highest BCUT2D eigenvalue weighted by Gasteiger charge is 2.13. The average molecular weight is 433 g/mol. The quantitative estimate of drug-likeness (QED) is 0.445. The molecule has 6 nitrogen and oxygen atoms in total. The molecular weight excluding hydrogens is 412 g/mol. The number of ether oxygens (including phenoxy) is 1. The first-order valence-corrected chi connectivity index (χ1v) is 10.2. The monoisotopic (exact) mass is 432 g/mol. The van der Waals surface area contributed by atoms with E-state index in [0.717, 1.165) is 16.7 Å². The molecule has 4 rings (SSSR count). The number of nitrogens with one attached hydrogen (secondary N) is 1. The van der Waals surface area contributed by atoms with Gasteiger partial charge in [0.2, 0.25) is 0 Å². The first kappa shape index (κ1) is 20.6. The number of carbonyl (C=O) groups excluding carboxylic acids is 1. The van der Waals surface area contributed by atoms with Crippen LogP contribution in [0.15, 0.2) is 85.5 Å². The van der Waals surface area contributed by atoms with Crippen LogP contribution in [0, 0.1) is 0 Å². The van der Waals surface area contributed by atoms with Crippen LogP contribution in [0.1, 0.15) is 27.0 Å². The molecule has 0 aliphatic heterocycles. The molecule has 4 aromatic rings. The number of carbonyl (C=O) groups is 1. The van der Waals surface area contributed by atoms with E-state index in [4.69, 9.17) is 16.3 Å². The maximum atomic E-state index is 12.9. The maximum absolute atomic E-state index is 12.9. The molecule has 1 aromatic heterocycles. The number of hydrogen-bond donors (Lipinski definition) is 1. The number of rotatable bonds is 8. The molecule has 0 saturated heterocycles. The molecule has 0 spiro atoms. The minimum atomic E-state index is -0.203. The zero-order chi connectivity index (χ0) is 21.5. The van der Waals surface area contributed by atoms with E-state index in [-0.39, 0.29) is 12.5 Å². The molecule has 0 atom stereocenters. The lowest BCUT2D eigenvalue weighted by Crippen LogP contribution is -2.24. The number of nitrogens with zero attached hydrogens (tertiary/aromatic N) is 3. The van der Waals surface area contributed by atoms with Crippen molar-refractivity contribution in [1.29, 1.82) is 0 Å². The molecule has 1 heterocycles. The summed E-state index contributed by atoms with van der Waals surface area (Å²) < 4.78 is 7.66. The van der Waals surface area contributed by atoms with Crippen molar-refractivity contribution < 1.29 is 9.53 Å². The van der Waals surface area contributed by atoms with Crippen LogP contribution in [0.25, 0.3) is 0 Å². The largest absolute Gasteiger partial charge is 0.488 e. The molecule has 0 aliphatic carbocycles. The Balaban J connectivity index is 1.43. The van der Waals surface area contributed by atoms with Crippen LogP contribution in [0.2, 0.25) is 5.02 Å².